The van der Waals surface area contributed by atoms with E-state index < -0.39 is 0 Å². The summed E-state index contributed by atoms with van der Waals surface area (Å²) in [5.41, 5.74) is 2.99. The molecule has 0 atom stereocenters. The van der Waals surface area contributed by atoms with Crippen molar-refractivity contribution in [1.29, 1.82) is 0 Å². The summed E-state index contributed by atoms with van der Waals surface area (Å²) in [5, 5.41) is 0. The second-order valence-electron chi connectivity index (χ2n) is 13.1. The van der Waals surface area contributed by atoms with Gasteiger partial charge in [-0.05, 0) is 77.0 Å². The largest absolute Gasteiger partial charge is 0.316 e. The lowest BCUT2D eigenvalue weighted by molar-refractivity contribution is -0.954. The molecule has 240 valence electrons. The number of quaternary nitrogens is 1. The summed E-state index contributed by atoms with van der Waals surface area (Å²) in [7, 11) is 0. The topological polar surface area (TPSA) is 0 Å². The maximum Gasteiger partial charge on any atom is 0.105 e. The summed E-state index contributed by atoms with van der Waals surface area (Å²) in [6.45, 7) is 9.47. The van der Waals surface area contributed by atoms with Crippen LogP contribution in [0.4, 0.5) is 0 Å². The van der Waals surface area contributed by atoms with Crippen LogP contribution in [0, 0.1) is 0 Å². The molecule has 0 aliphatic carbocycles. The molecule has 2 aromatic rings. The molecule has 0 N–H and O–H groups in total. The van der Waals surface area contributed by atoms with E-state index in [9.17, 15) is 0 Å². The summed E-state index contributed by atoms with van der Waals surface area (Å²) in [4.78, 5) is 0. The Hall–Kier alpha value is -2.12. The quantitative estimate of drug-likeness (QED) is 0.0528. The number of nitrogens with zero attached hydrogens (tertiary/aromatic N) is 1. The Morgan fingerprint density at radius 2 is 0.721 bits per heavy atom. The minimum absolute atomic E-state index is 1.15. The molecule has 0 fully saturated rings. The van der Waals surface area contributed by atoms with Gasteiger partial charge in [0.15, 0.2) is 0 Å². The van der Waals surface area contributed by atoms with Crippen molar-refractivity contribution >= 4 is 0 Å². The summed E-state index contributed by atoms with van der Waals surface area (Å²) in [5.74, 6) is 0. The highest BCUT2D eigenvalue weighted by atomic mass is 15.3. The third-order valence-electron chi connectivity index (χ3n) is 9.01. The van der Waals surface area contributed by atoms with E-state index in [4.69, 9.17) is 0 Å². The van der Waals surface area contributed by atoms with Crippen LogP contribution >= 0.6 is 0 Å². The third kappa shape index (κ3) is 19.7. The van der Waals surface area contributed by atoms with Crippen molar-refractivity contribution in [3.8, 4) is 0 Å². The molecule has 1 nitrogen and oxygen atoms in total. The second kappa shape index (κ2) is 26.3. The van der Waals surface area contributed by atoms with Crippen LogP contribution in [0.15, 0.2) is 85.0 Å². The minimum Gasteiger partial charge on any atom is -0.316 e. The Morgan fingerprint density at radius 3 is 1.09 bits per heavy atom. The molecular weight excluding hydrogens is 518 g/mol. The number of hydrogen-bond acceptors (Lipinski definition) is 0. The van der Waals surface area contributed by atoms with E-state index in [1.807, 2.05) is 0 Å². The highest BCUT2D eigenvalue weighted by Crippen LogP contribution is 2.24. The van der Waals surface area contributed by atoms with Gasteiger partial charge < -0.3 is 4.48 Å². The molecule has 0 spiro atoms. The Labute approximate surface area is 268 Å². The van der Waals surface area contributed by atoms with Crippen molar-refractivity contribution in [3.63, 3.8) is 0 Å². The van der Waals surface area contributed by atoms with Crippen LogP contribution in [0.1, 0.15) is 153 Å². The van der Waals surface area contributed by atoms with Gasteiger partial charge in [-0.25, -0.2) is 0 Å². The van der Waals surface area contributed by atoms with Crippen LogP contribution in [0.25, 0.3) is 0 Å². The molecule has 0 aliphatic heterocycles. The Bertz CT molecular complexity index is 835. The first-order chi connectivity index (χ1) is 21.3. The lowest BCUT2D eigenvalue weighted by Crippen LogP contribution is -2.48. The van der Waals surface area contributed by atoms with Gasteiger partial charge in [0.1, 0.15) is 13.1 Å². The van der Waals surface area contributed by atoms with Crippen LogP contribution in [0.5, 0.6) is 0 Å². The van der Waals surface area contributed by atoms with Crippen molar-refractivity contribution < 1.29 is 4.48 Å². The molecule has 0 radical (unpaired) electrons. The molecule has 0 heterocycles. The predicted molar refractivity (Wildman–Crippen MR) is 192 cm³/mol. The van der Waals surface area contributed by atoms with Crippen LogP contribution in [-0.2, 0) is 13.1 Å². The average molecular weight is 587 g/mol. The second-order valence-corrected chi connectivity index (χ2v) is 13.1. The van der Waals surface area contributed by atoms with E-state index in [-0.39, 0.29) is 0 Å². The molecule has 0 bridgehead atoms. The normalized spacial score (nSPS) is 12.1. The molecular formula is C42H68N+. The molecule has 0 aromatic heterocycles. The molecule has 0 aliphatic rings. The van der Waals surface area contributed by atoms with E-state index in [0.29, 0.717) is 0 Å². The van der Waals surface area contributed by atoms with Crippen molar-refractivity contribution in [1.82, 2.24) is 0 Å². The smallest absolute Gasteiger partial charge is 0.105 e. The summed E-state index contributed by atoms with van der Waals surface area (Å²) < 4.78 is 1.20. The molecule has 43 heavy (non-hydrogen) atoms. The average Bonchev–Trinajstić information content (AvgIpc) is 3.03. The molecule has 2 aromatic carbocycles. The SMILES string of the molecule is CCCCC/C=C/CCCCCCC[N+](CCCCCCC/C=C/CCCCC)(Cc1ccccc1)Cc1ccccc1. The summed E-state index contributed by atoms with van der Waals surface area (Å²) in [6, 6.07) is 22.6. The van der Waals surface area contributed by atoms with E-state index in [2.05, 4.69) is 98.8 Å². The van der Waals surface area contributed by atoms with Crippen molar-refractivity contribution in [2.75, 3.05) is 13.1 Å². The van der Waals surface area contributed by atoms with Gasteiger partial charge in [-0.3, -0.25) is 0 Å². The fourth-order valence-electron chi connectivity index (χ4n) is 6.40. The van der Waals surface area contributed by atoms with Crippen molar-refractivity contribution in [2.45, 2.75) is 155 Å². The van der Waals surface area contributed by atoms with E-state index >= 15 is 0 Å². The van der Waals surface area contributed by atoms with Gasteiger partial charge in [-0.15, -0.1) is 0 Å². The monoisotopic (exact) mass is 587 g/mol. The van der Waals surface area contributed by atoms with Crippen LogP contribution in [0.2, 0.25) is 0 Å². The van der Waals surface area contributed by atoms with Crippen LogP contribution < -0.4 is 0 Å². The van der Waals surface area contributed by atoms with Gasteiger partial charge in [-0.1, -0.05) is 150 Å². The fourth-order valence-corrected chi connectivity index (χ4v) is 6.40. The number of rotatable bonds is 28. The summed E-state index contributed by atoms with van der Waals surface area (Å²) >= 11 is 0. The first-order valence-corrected chi connectivity index (χ1v) is 18.5. The third-order valence-corrected chi connectivity index (χ3v) is 9.01. The van der Waals surface area contributed by atoms with Gasteiger partial charge in [0.2, 0.25) is 0 Å². The van der Waals surface area contributed by atoms with Gasteiger partial charge in [0.05, 0.1) is 13.1 Å². The lowest BCUT2D eigenvalue weighted by atomic mass is 10.0. The molecule has 0 saturated heterocycles. The van der Waals surface area contributed by atoms with Crippen LogP contribution in [0.3, 0.4) is 0 Å². The lowest BCUT2D eigenvalue weighted by Gasteiger charge is -2.39. The Balaban J connectivity index is 1.84. The number of benzene rings is 2. The number of unbranched alkanes of at least 4 members (excludes halogenated alkanes) is 16. The van der Waals surface area contributed by atoms with Gasteiger partial charge in [0.25, 0.3) is 0 Å². The van der Waals surface area contributed by atoms with E-state index in [0.717, 1.165) is 13.1 Å². The summed E-state index contributed by atoms with van der Waals surface area (Å²) in [6.07, 6.45) is 36.5. The van der Waals surface area contributed by atoms with Crippen LogP contribution in [-0.4, -0.2) is 17.6 Å². The van der Waals surface area contributed by atoms with Gasteiger partial charge in [0, 0.05) is 11.1 Å². The Morgan fingerprint density at radius 1 is 0.395 bits per heavy atom. The highest BCUT2D eigenvalue weighted by molar-refractivity contribution is 5.15. The molecule has 2 rings (SSSR count). The van der Waals surface area contributed by atoms with Gasteiger partial charge >= 0.3 is 0 Å². The first-order valence-electron chi connectivity index (χ1n) is 18.5. The zero-order valence-corrected chi connectivity index (χ0v) is 28.5. The zero-order chi connectivity index (χ0) is 30.5. The predicted octanol–water partition coefficient (Wildman–Crippen LogP) is 13.2. The maximum atomic E-state index is 2.43. The molecule has 0 unspecified atom stereocenters. The zero-order valence-electron chi connectivity index (χ0n) is 28.5. The van der Waals surface area contributed by atoms with E-state index in [1.54, 1.807) is 0 Å². The van der Waals surface area contributed by atoms with E-state index in [1.165, 1.54) is 157 Å². The van der Waals surface area contributed by atoms with Gasteiger partial charge in [-0.2, -0.15) is 0 Å². The first kappa shape index (κ1) is 37.1. The maximum absolute atomic E-state index is 2.43. The minimum atomic E-state index is 1.15. The standard InChI is InChI=1S/C42H68N/c1-3-5-7-9-11-13-15-17-19-21-23-31-37-43(39-41-33-27-25-28-34-41,40-42-35-29-26-30-36-42)38-32-24-22-20-18-16-14-12-10-8-6-4-2/h11-14,25-30,33-36H,3-10,15-24,31-32,37-40H2,1-2H3/q+1/b13-11+,14-12+. The fraction of sp³-hybridized carbons (Fsp3) is 0.619. The van der Waals surface area contributed by atoms with Crippen molar-refractivity contribution in [3.05, 3.63) is 96.1 Å². The number of hydrogen-bond donors (Lipinski definition) is 0. The Kier molecular flexibility index (Phi) is 22.7. The highest BCUT2D eigenvalue weighted by Gasteiger charge is 2.27. The number of allylic oxidation sites excluding steroid dienone is 4. The molecule has 0 amide bonds. The van der Waals surface area contributed by atoms with Crippen molar-refractivity contribution in [2.24, 2.45) is 0 Å². The molecule has 1 heteroatoms. The molecule has 0 saturated carbocycles.